The Balaban J connectivity index is 1.75. The number of nitrogens with one attached hydrogen (secondary N) is 1. The molecule has 7 nitrogen and oxygen atoms in total. The van der Waals surface area contributed by atoms with E-state index in [1.165, 1.54) is 0 Å². The van der Waals surface area contributed by atoms with Crippen LogP contribution >= 0.6 is 23.1 Å². The number of thiophene rings is 1. The van der Waals surface area contributed by atoms with Crippen molar-refractivity contribution in [2.24, 2.45) is 5.73 Å². The van der Waals surface area contributed by atoms with Crippen LogP contribution in [0.2, 0.25) is 0 Å². The summed E-state index contributed by atoms with van der Waals surface area (Å²) in [6.45, 7) is 0.156. The van der Waals surface area contributed by atoms with E-state index >= 15 is 0 Å². The fraction of sp³-hybridized carbons (Fsp3) is 0.118. The van der Waals surface area contributed by atoms with Gasteiger partial charge in [-0.2, -0.15) is 0 Å². The van der Waals surface area contributed by atoms with Crippen LogP contribution in [0.5, 0.6) is 5.75 Å². The van der Waals surface area contributed by atoms with E-state index in [2.05, 4.69) is 4.98 Å². The first-order chi connectivity index (χ1) is 12.5. The molecule has 0 saturated carbocycles. The molecule has 1 aromatic carbocycles. The Hall–Kier alpha value is -2.78. The number of aromatic nitrogens is 1. The number of aromatic hydroxyl groups is 1. The van der Waals surface area contributed by atoms with Gasteiger partial charge >= 0.3 is 5.97 Å². The van der Waals surface area contributed by atoms with Gasteiger partial charge in [0.15, 0.2) is 0 Å². The van der Waals surface area contributed by atoms with Gasteiger partial charge < -0.3 is 20.6 Å². The lowest BCUT2D eigenvalue weighted by molar-refractivity contribution is -0.141. The maximum absolute atomic E-state index is 11.9. The first-order valence-electron chi connectivity index (χ1n) is 7.46. The molecular formula is C17H14N2O5S2. The summed E-state index contributed by atoms with van der Waals surface area (Å²) in [5.74, 6) is -1.48. The van der Waals surface area contributed by atoms with E-state index in [-0.39, 0.29) is 29.2 Å². The average Bonchev–Trinajstić information content (AvgIpc) is 2.98. The summed E-state index contributed by atoms with van der Waals surface area (Å²) in [4.78, 5) is 37.7. The Morgan fingerprint density at radius 3 is 2.69 bits per heavy atom. The molecular weight excluding hydrogens is 376 g/mol. The number of hydrogen-bond donors (Lipinski definition) is 3. The second-order valence-corrected chi connectivity index (χ2v) is 7.55. The van der Waals surface area contributed by atoms with Gasteiger partial charge in [-0.3, -0.25) is 14.4 Å². The van der Waals surface area contributed by atoms with E-state index < -0.39 is 17.4 Å². The third kappa shape index (κ3) is 3.89. The number of rotatable bonds is 6. The van der Waals surface area contributed by atoms with Crippen LogP contribution in [0.15, 0.2) is 45.4 Å². The minimum absolute atomic E-state index is 0.0368. The number of aromatic amines is 1. The van der Waals surface area contributed by atoms with E-state index in [1.807, 2.05) is 30.3 Å². The van der Waals surface area contributed by atoms with Crippen LogP contribution in [0.25, 0.3) is 10.2 Å². The first kappa shape index (κ1) is 18.0. The molecule has 0 aliphatic heterocycles. The summed E-state index contributed by atoms with van der Waals surface area (Å²) in [6.07, 6.45) is 0. The highest BCUT2D eigenvalue weighted by molar-refractivity contribution is 8.02. The summed E-state index contributed by atoms with van der Waals surface area (Å²) in [6, 6.07) is 10.3. The standard InChI is InChI=1S/C17H14N2O5S2/c18-16(23)13-14-15(10(20)6-11(21)19-14)26-17(13)25-8-12(22)24-7-9-4-2-1-3-5-9/h1-6H,7-8H2,(H2,18,23)(H2,19,20,21). The monoisotopic (exact) mass is 390 g/mol. The number of carbonyl (C=O) groups excluding carboxylic acids is 2. The largest absolute Gasteiger partial charge is 0.506 e. The van der Waals surface area contributed by atoms with Crippen molar-refractivity contribution in [2.45, 2.75) is 10.8 Å². The van der Waals surface area contributed by atoms with Crippen molar-refractivity contribution in [1.82, 2.24) is 4.98 Å². The van der Waals surface area contributed by atoms with E-state index in [4.69, 9.17) is 10.5 Å². The molecule has 0 atom stereocenters. The van der Waals surface area contributed by atoms with Crippen molar-refractivity contribution in [3.8, 4) is 5.75 Å². The highest BCUT2D eigenvalue weighted by Gasteiger charge is 2.21. The second-order valence-electron chi connectivity index (χ2n) is 5.29. The molecule has 9 heteroatoms. The second kappa shape index (κ2) is 7.63. The molecule has 0 aliphatic rings. The SMILES string of the molecule is NC(=O)c1c(SCC(=O)OCc2ccccc2)sc2c(O)cc(=O)[nH]c12. The van der Waals surface area contributed by atoms with Crippen molar-refractivity contribution in [2.75, 3.05) is 5.75 Å². The molecule has 0 radical (unpaired) electrons. The number of primary amides is 1. The number of fused-ring (bicyclic) bond motifs is 1. The van der Waals surface area contributed by atoms with Crippen LogP contribution in [-0.4, -0.2) is 27.7 Å². The fourth-order valence-electron chi connectivity index (χ4n) is 2.29. The maximum Gasteiger partial charge on any atom is 0.316 e. The lowest BCUT2D eigenvalue weighted by Gasteiger charge is -2.04. The molecule has 0 spiro atoms. The van der Waals surface area contributed by atoms with Crippen LogP contribution in [0, 0.1) is 0 Å². The number of carbonyl (C=O) groups is 2. The Morgan fingerprint density at radius 1 is 1.27 bits per heavy atom. The predicted octanol–water partition coefficient (Wildman–Crippen LogP) is 2.23. The number of amides is 1. The molecule has 0 unspecified atom stereocenters. The maximum atomic E-state index is 11.9. The smallest absolute Gasteiger partial charge is 0.316 e. The summed E-state index contributed by atoms with van der Waals surface area (Å²) < 4.78 is 5.95. The summed E-state index contributed by atoms with van der Waals surface area (Å²) in [7, 11) is 0. The van der Waals surface area contributed by atoms with E-state index in [0.29, 0.717) is 8.91 Å². The van der Waals surface area contributed by atoms with Crippen molar-refractivity contribution in [3.05, 3.63) is 57.9 Å². The van der Waals surface area contributed by atoms with E-state index in [1.54, 1.807) is 0 Å². The van der Waals surface area contributed by atoms with Crippen LogP contribution < -0.4 is 11.3 Å². The Bertz CT molecular complexity index is 1030. The molecule has 0 saturated heterocycles. The van der Waals surface area contributed by atoms with Crippen molar-refractivity contribution in [3.63, 3.8) is 0 Å². The lowest BCUT2D eigenvalue weighted by Crippen LogP contribution is -2.14. The number of esters is 1. The third-order valence-corrected chi connectivity index (χ3v) is 5.89. The summed E-state index contributed by atoms with van der Waals surface area (Å²) in [5, 5.41) is 9.90. The highest BCUT2D eigenvalue weighted by Crippen LogP contribution is 2.40. The lowest BCUT2D eigenvalue weighted by atomic mass is 10.2. The number of nitrogens with two attached hydrogens (primary N) is 1. The minimum Gasteiger partial charge on any atom is -0.506 e. The topological polar surface area (TPSA) is 122 Å². The number of benzene rings is 1. The molecule has 0 aliphatic carbocycles. The Labute approximate surface area is 155 Å². The number of pyridine rings is 1. The van der Waals surface area contributed by atoms with Crippen LogP contribution in [0.4, 0.5) is 0 Å². The van der Waals surface area contributed by atoms with Gasteiger partial charge in [0.25, 0.3) is 11.5 Å². The summed E-state index contributed by atoms with van der Waals surface area (Å²) in [5.41, 5.74) is 5.98. The van der Waals surface area contributed by atoms with Gasteiger partial charge in [0, 0.05) is 6.07 Å². The van der Waals surface area contributed by atoms with Crippen molar-refractivity contribution >= 4 is 45.2 Å². The number of thioether (sulfide) groups is 1. The van der Waals surface area contributed by atoms with Gasteiger partial charge in [-0.1, -0.05) is 30.3 Å². The van der Waals surface area contributed by atoms with Crippen LogP contribution in [0.1, 0.15) is 15.9 Å². The number of H-pyrrole nitrogens is 1. The first-order valence-corrected chi connectivity index (χ1v) is 9.27. The molecule has 3 rings (SSSR count). The van der Waals surface area contributed by atoms with Gasteiger partial charge in [-0.05, 0) is 5.56 Å². The molecule has 0 bridgehead atoms. The van der Waals surface area contributed by atoms with Crippen molar-refractivity contribution < 1.29 is 19.4 Å². The predicted molar refractivity (Wildman–Crippen MR) is 99.6 cm³/mol. The number of hydrogen-bond acceptors (Lipinski definition) is 7. The van der Waals surface area contributed by atoms with Crippen LogP contribution in [-0.2, 0) is 16.1 Å². The van der Waals surface area contributed by atoms with Gasteiger partial charge in [-0.15, -0.1) is 23.1 Å². The zero-order chi connectivity index (χ0) is 18.7. The zero-order valence-corrected chi connectivity index (χ0v) is 15.0. The normalized spacial score (nSPS) is 10.8. The molecule has 2 aromatic heterocycles. The van der Waals surface area contributed by atoms with E-state index in [0.717, 1.165) is 34.7 Å². The molecule has 4 N–H and O–H groups in total. The fourth-order valence-corrected chi connectivity index (χ4v) is 4.54. The zero-order valence-electron chi connectivity index (χ0n) is 13.4. The molecule has 3 aromatic rings. The Kier molecular flexibility index (Phi) is 5.29. The van der Waals surface area contributed by atoms with Gasteiger partial charge in [0.1, 0.15) is 12.4 Å². The molecule has 0 fully saturated rings. The Morgan fingerprint density at radius 2 is 2.00 bits per heavy atom. The quantitative estimate of drug-likeness (QED) is 0.438. The average molecular weight is 390 g/mol. The molecule has 26 heavy (non-hydrogen) atoms. The van der Waals surface area contributed by atoms with Crippen molar-refractivity contribution in [1.29, 1.82) is 0 Å². The van der Waals surface area contributed by atoms with Gasteiger partial charge in [0.05, 0.1) is 25.7 Å². The number of ether oxygens (including phenoxy) is 1. The van der Waals surface area contributed by atoms with E-state index in [9.17, 15) is 19.5 Å². The van der Waals surface area contributed by atoms with Gasteiger partial charge in [-0.25, -0.2) is 0 Å². The van der Waals surface area contributed by atoms with Gasteiger partial charge in [0.2, 0.25) is 0 Å². The highest BCUT2D eigenvalue weighted by atomic mass is 32.2. The molecule has 134 valence electrons. The molecule has 1 amide bonds. The van der Waals surface area contributed by atoms with Crippen LogP contribution in [0.3, 0.4) is 0 Å². The third-order valence-electron chi connectivity index (χ3n) is 3.43. The minimum atomic E-state index is -0.752. The summed E-state index contributed by atoms with van der Waals surface area (Å²) >= 11 is 2.15. The molecule has 2 heterocycles.